The second-order valence-electron chi connectivity index (χ2n) is 4.86. The zero-order chi connectivity index (χ0) is 13.6. The lowest BCUT2D eigenvalue weighted by molar-refractivity contribution is -0.931. The van der Waals surface area contributed by atoms with Crippen molar-refractivity contribution >= 4 is 40.7 Å². The summed E-state index contributed by atoms with van der Waals surface area (Å²) in [6, 6.07) is 0. The van der Waals surface area contributed by atoms with Crippen LogP contribution in [-0.2, 0) is 4.79 Å². The molecule has 0 bridgehead atoms. The van der Waals surface area contributed by atoms with E-state index in [0.717, 1.165) is 38.8 Å². The Hall–Kier alpha value is 0.300. The SMILES string of the molecule is CCCCC(=O)NC([NH+]1CCCCC1)C(Cl)(Cl)Cl. The summed E-state index contributed by atoms with van der Waals surface area (Å²) >= 11 is 18.0. The van der Waals surface area contributed by atoms with E-state index in [0.29, 0.717) is 6.42 Å². The standard InChI is InChI=1S/C12H21Cl3N2O/c1-2-3-7-10(18)16-11(12(13,14)15)17-8-5-4-6-9-17/h11H,2-9H2,1H3,(H,16,18)/p+1. The van der Waals surface area contributed by atoms with E-state index in [4.69, 9.17) is 34.8 Å². The van der Waals surface area contributed by atoms with Crippen molar-refractivity contribution in [3.05, 3.63) is 0 Å². The van der Waals surface area contributed by atoms with E-state index < -0.39 is 9.96 Å². The van der Waals surface area contributed by atoms with Crippen molar-refractivity contribution in [2.24, 2.45) is 0 Å². The fourth-order valence-electron chi connectivity index (χ4n) is 2.28. The van der Waals surface area contributed by atoms with E-state index in [2.05, 4.69) is 12.2 Å². The molecule has 1 aliphatic rings. The average molecular weight is 317 g/mol. The van der Waals surface area contributed by atoms with E-state index in [1.165, 1.54) is 11.3 Å². The molecule has 0 aromatic heterocycles. The van der Waals surface area contributed by atoms with E-state index >= 15 is 0 Å². The van der Waals surface area contributed by atoms with Gasteiger partial charge in [0.2, 0.25) is 12.1 Å². The first-order chi connectivity index (χ1) is 8.45. The Bertz CT molecular complexity index is 263. The number of alkyl halides is 3. The summed E-state index contributed by atoms with van der Waals surface area (Å²) in [5, 5.41) is 2.89. The lowest BCUT2D eigenvalue weighted by Gasteiger charge is -2.35. The predicted octanol–water partition coefficient (Wildman–Crippen LogP) is 2.06. The molecule has 0 aromatic carbocycles. The first kappa shape index (κ1) is 16.4. The lowest BCUT2D eigenvalue weighted by Crippen LogP contribution is -3.20. The van der Waals surface area contributed by atoms with Crippen molar-refractivity contribution in [2.45, 2.75) is 55.4 Å². The molecule has 6 heteroatoms. The molecule has 1 atom stereocenters. The van der Waals surface area contributed by atoms with Gasteiger partial charge in [0, 0.05) is 6.42 Å². The van der Waals surface area contributed by atoms with Crippen LogP contribution in [-0.4, -0.2) is 29.0 Å². The highest BCUT2D eigenvalue weighted by atomic mass is 35.6. The van der Waals surface area contributed by atoms with Crippen molar-refractivity contribution in [2.75, 3.05) is 13.1 Å². The summed E-state index contributed by atoms with van der Waals surface area (Å²) < 4.78 is -1.45. The van der Waals surface area contributed by atoms with Crippen LogP contribution >= 0.6 is 34.8 Å². The molecule has 1 aliphatic heterocycles. The summed E-state index contributed by atoms with van der Waals surface area (Å²) in [6.45, 7) is 3.95. The molecule has 0 saturated carbocycles. The van der Waals surface area contributed by atoms with Crippen LogP contribution in [0.1, 0.15) is 45.4 Å². The number of quaternary nitrogens is 1. The molecule has 0 aliphatic carbocycles. The van der Waals surface area contributed by atoms with Crippen molar-refractivity contribution in [1.82, 2.24) is 5.32 Å². The molecule has 1 saturated heterocycles. The normalized spacial score (nSPS) is 19.6. The molecular formula is C12H22Cl3N2O+. The number of hydrogen-bond acceptors (Lipinski definition) is 1. The third kappa shape index (κ3) is 5.52. The first-order valence-electron chi connectivity index (χ1n) is 6.65. The monoisotopic (exact) mass is 315 g/mol. The van der Waals surface area contributed by atoms with Gasteiger partial charge >= 0.3 is 0 Å². The smallest absolute Gasteiger partial charge is 0.262 e. The van der Waals surface area contributed by atoms with Gasteiger partial charge in [-0.2, -0.15) is 0 Å². The van der Waals surface area contributed by atoms with Crippen LogP contribution in [0, 0.1) is 0 Å². The molecule has 3 nitrogen and oxygen atoms in total. The summed E-state index contributed by atoms with van der Waals surface area (Å²) in [5.74, 6) is -0.0220. The Morgan fingerprint density at radius 2 is 1.89 bits per heavy atom. The van der Waals surface area contributed by atoms with Gasteiger partial charge in [0.05, 0.1) is 13.1 Å². The molecule has 1 heterocycles. The van der Waals surface area contributed by atoms with Crippen molar-refractivity contribution in [1.29, 1.82) is 0 Å². The highest BCUT2D eigenvalue weighted by Crippen LogP contribution is 2.28. The van der Waals surface area contributed by atoms with Gasteiger partial charge in [-0.3, -0.25) is 4.79 Å². The third-order valence-electron chi connectivity index (χ3n) is 3.29. The van der Waals surface area contributed by atoms with Crippen LogP contribution in [0.15, 0.2) is 0 Å². The molecule has 18 heavy (non-hydrogen) atoms. The van der Waals surface area contributed by atoms with Crippen molar-refractivity contribution < 1.29 is 9.69 Å². The number of piperidine rings is 1. The zero-order valence-corrected chi connectivity index (χ0v) is 13.0. The maximum atomic E-state index is 11.8. The Balaban J connectivity index is 2.58. The summed E-state index contributed by atoms with van der Waals surface area (Å²) in [5.41, 5.74) is 0. The van der Waals surface area contributed by atoms with Gasteiger partial charge in [0.15, 0.2) is 0 Å². The Labute approximate surface area is 124 Å². The fraction of sp³-hybridized carbons (Fsp3) is 0.917. The highest BCUT2D eigenvalue weighted by Gasteiger charge is 2.42. The van der Waals surface area contributed by atoms with Crippen molar-refractivity contribution in [3.63, 3.8) is 0 Å². The molecule has 0 radical (unpaired) electrons. The summed E-state index contributed by atoms with van der Waals surface area (Å²) in [4.78, 5) is 13.0. The average Bonchev–Trinajstić information content (AvgIpc) is 2.33. The minimum Gasteiger partial charge on any atom is -0.312 e. The lowest BCUT2D eigenvalue weighted by atomic mass is 10.1. The largest absolute Gasteiger partial charge is 0.312 e. The van der Waals surface area contributed by atoms with Crippen LogP contribution in [0.25, 0.3) is 0 Å². The van der Waals surface area contributed by atoms with Gasteiger partial charge in [0.25, 0.3) is 3.79 Å². The van der Waals surface area contributed by atoms with E-state index in [-0.39, 0.29) is 5.91 Å². The number of likely N-dealkylation sites (tertiary alicyclic amines) is 1. The number of amides is 1. The second-order valence-corrected chi connectivity index (χ2v) is 7.23. The van der Waals surface area contributed by atoms with E-state index in [1.54, 1.807) is 0 Å². The van der Waals surface area contributed by atoms with Gasteiger partial charge < -0.3 is 10.2 Å². The van der Waals surface area contributed by atoms with E-state index in [9.17, 15) is 4.79 Å². The number of hydrogen-bond donors (Lipinski definition) is 2. The quantitative estimate of drug-likeness (QED) is 0.748. The Morgan fingerprint density at radius 1 is 1.28 bits per heavy atom. The van der Waals surface area contributed by atoms with Gasteiger partial charge in [-0.15, -0.1) is 0 Å². The number of halogens is 3. The minimum absolute atomic E-state index is 0.0220. The number of carbonyl (C=O) groups excluding carboxylic acids is 1. The van der Waals surface area contributed by atoms with Gasteiger partial charge in [0.1, 0.15) is 0 Å². The summed E-state index contributed by atoms with van der Waals surface area (Å²) in [7, 11) is 0. The van der Waals surface area contributed by atoms with Crippen LogP contribution in [0.4, 0.5) is 0 Å². The zero-order valence-electron chi connectivity index (χ0n) is 10.8. The van der Waals surface area contributed by atoms with Gasteiger partial charge in [-0.25, -0.2) is 0 Å². The predicted molar refractivity (Wildman–Crippen MR) is 76.3 cm³/mol. The second kappa shape index (κ2) is 7.78. The maximum Gasteiger partial charge on any atom is 0.262 e. The molecule has 1 unspecified atom stereocenters. The fourth-order valence-corrected chi connectivity index (χ4v) is 2.91. The molecule has 2 N–H and O–H groups in total. The van der Waals surface area contributed by atoms with Crippen LogP contribution in [0.2, 0.25) is 0 Å². The summed E-state index contributed by atoms with van der Waals surface area (Å²) in [6.07, 6.45) is 5.39. The van der Waals surface area contributed by atoms with Gasteiger partial charge in [-0.1, -0.05) is 48.1 Å². The number of rotatable bonds is 5. The van der Waals surface area contributed by atoms with Crippen LogP contribution < -0.4 is 10.2 Å². The van der Waals surface area contributed by atoms with E-state index in [1.807, 2.05) is 0 Å². The maximum absolute atomic E-state index is 11.8. The topological polar surface area (TPSA) is 33.5 Å². The molecule has 1 fully saturated rings. The molecule has 0 aromatic rings. The molecule has 1 rings (SSSR count). The highest BCUT2D eigenvalue weighted by molar-refractivity contribution is 6.68. The molecule has 1 amide bonds. The van der Waals surface area contributed by atoms with Crippen LogP contribution in [0.3, 0.4) is 0 Å². The number of carbonyl (C=O) groups is 1. The Morgan fingerprint density at radius 3 is 2.39 bits per heavy atom. The van der Waals surface area contributed by atoms with Crippen molar-refractivity contribution in [3.8, 4) is 0 Å². The van der Waals surface area contributed by atoms with Crippen LogP contribution in [0.5, 0.6) is 0 Å². The molecular weight excluding hydrogens is 295 g/mol. The van der Waals surface area contributed by atoms with Gasteiger partial charge in [-0.05, 0) is 25.7 Å². The third-order valence-corrected chi connectivity index (χ3v) is 3.95. The number of unbranched alkanes of at least 4 members (excludes halogenated alkanes) is 1. The molecule has 0 spiro atoms. The Kier molecular flexibility index (Phi) is 7.07. The molecule has 106 valence electrons. The minimum atomic E-state index is -1.45. The first-order valence-corrected chi connectivity index (χ1v) is 7.79. The number of nitrogens with one attached hydrogen (secondary N) is 2.